The molecule has 2 N–H and O–H groups in total. The fourth-order valence-electron chi connectivity index (χ4n) is 7.16. The minimum absolute atomic E-state index is 0.0133. The van der Waals surface area contributed by atoms with Gasteiger partial charge in [-0.3, -0.25) is 4.79 Å². The van der Waals surface area contributed by atoms with Crippen LogP contribution in [0.3, 0.4) is 0 Å². The maximum absolute atomic E-state index is 12.1. The molecule has 0 aliphatic heterocycles. The molecule has 0 heterocycles. The first-order valence-electron chi connectivity index (χ1n) is 10.7. The molecule has 0 saturated heterocycles. The van der Waals surface area contributed by atoms with E-state index < -0.39 is 16.6 Å². The molecule has 0 spiro atoms. The molecule has 1 aromatic carbocycles. The summed E-state index contributed by atoms with van der Waals surface area (Å²) in [5, 5.41) is 24.0. The van der Waals surface area contributed by atoms with E-state index >= 15 is 0 Å². The Kier molecular flexibility index (Phi) is 3.71. The number of benzene rings is 1. The average Bonchev–Trinajstić information content (AvgIpc) is 2.91. The number of hydrogen-bond acceptors (Lipinski definition) is 3. The largest absolute Gasteiger partial charge is 0.389 e. The van der Waals surface area contributed by atoms with Gasteiger partial charge in [-0.15, -0.1) is 0 Å². The topological polar surface area (TPSA) is 57.5 Å². The highest BCUT2D eigenvalue weighted by molar-refractivity contribution is 5.92. The predicted octanol–water partition coefficient (Wildman–Crippen LogP) is 4.30. The predicted molar refractivity (Wildman–Crippen MR) is 108 cm³/mol. The standard InChI is InChI=1S/C25H30O3/c1-22-12-10-19(26)16-18(22)8-9-21-20(22)11-13-23(2)24(27,14-15-25(21,23)28)17-6-4-3-5-7-17/h3-9,16,20-21,27-28H,10-15H2,1-2H3/t20-,21+,22-,23+,24-,25-/m0/s1. The molecule has 4 aliphatic carbocycles. The second-order valence-electron chi connectivity index (χ2n) is 10.00. The lowest BCUT2D eigenvalue weighted by molar-refractivity contribution is -0.205. The van der Waals surface area contributed by atoms with Crippen molar-refractivity contribution >= 4 is 5.78 Å². The number of fused-ring (bicyclic) bond motifs is 5. The number of carbonyl (C=O) groups excluding carboxylic acids is 1. The Hall–Kier alpha value is -1.71. The van der Waals surface area contributed by atoms with E-state index in [1.54, 1.807) is 0 Å². The fourth-order valence-corrected chi connectivity index (χ4v) is 7.16. The van der Waals surface area contributed by atoms with Crippen LogP contribution in [0.1, 0.15) is 57.9 Å². The summed E-state index contributed by atoms with van der Waals surface area (Å²) in [6.45, 7) is 4.37. The molecule has 5 rings (SSSR count). The van der Waals surface area contributed by atoms with Crippen LogP contribution in [0.25, 0.3) is 0 Å². The first-order chi connectivity index (χ1) is 13.2. The van der Waals surface area contributed by atoms with Crippen molar-refractivity contribution in [3.8, 4) is 0 Å². The number of aliphatic hydroxyl groups is 2. The first-order valence-corrected chi connectivity index (χ1v) is 10.7. The molecular formula is C25H30O3. The summed E-state index contributed by atoms with van der Waals surface area (Å²) in [4.78, 5) is 12.0. The third kappa shape index (κ3) is 2.04. The molecule has 3 heteroatoms. The molecule has 4 aliphatic rings. The molecule has 0 unspecified atom stereocenters. The van der Waals surface area contributed by atoms with Crippen LogP contribution in [0.15, 0.2) is 54.1 Å². The molecule has 2 saturated carbocycles. The summed E-state index contributed by atoms with van der Waals surface area (Å²) in [6, 6.07) is 9.90. The normalized spacial score (nSPS) is 47.1. The second kappa shape index (κ2) is 5.67. The van der Waals surface area contributed by atoms with Crippen molar-refractivity contribution in [2.24, 2.45) is 22.7 Å². The van der Waals surface area contributed by atoms with Gasteiger partial charge in [0, 0.05) is 17.8 Å². The summed E-state index contributed by atoms with van der Waals surface area (Å²) in [6.07, 6.45) is 10.5. The molecule has 1 aromatic rings. The van der Waals surface area contributed by atoms with Gasteiger partial charge in [0.15, 0.2) is 5.78 Å². The Morgan fingerprint density at radius 3 is 2.50 bits per heavy atom. The van der Waals surface area contributed by atoms with Gasteiger partial charge >= 0.3 is 0 Å². The van der Waals surface area contributed by atoms with Gasteiger partial charge in [-0.2, -0.15) is 0 Å². The van der Waals surface area contributed by atoms with Crippen molar-refractivity contribution < 1.29 is 15.0 Å². The lowest BCUT2D eigenvalue weighted by Gasteiger charge is -2.60. The summed E-state index contributed by atoms with van der Waals surface area (Å²) < 4.78 is 0. The van der Waals surface area contributed by atoms with Gasteiger partial charge in [-0.05, 0) is 60.6 Å². The summed E-state index contributed by atoms with van der Waals surface area (Å²) in [5.74, 6) is 0.543. The smallest absolute Gasteiger partial charge is 0.156 e. The van der Waals surface area contributed by atoms with Crippen molar-refractivity contribution in [1.82, 2.24) is 0 Å². The highest BCUT2D eigenvalue weighted by Crippen LogP contribution is 2.70. The highest BCUT2D eigenvalue weighted by atomic mass is 16.3. The Morgan fingerprint density at radius 2 is 1.75 bits per heavy atom. The quantitative estimate of drug-likeness (QED) is 0.766. The molecule has 148 valence electrons. The number of carbonyl (C=O) groups is 1. The minimum Gasteiger partial charge on any atom is -0.389 e. The van der Waals surface area contributed by atoms with E-state index in [1.165, 1.54) is 0 Å². The molecule has 0 radical (unpaired) electrons. The summed E-state index contributed by atoms with van der Waals surface area (Å²) in [7, 11) is 0. The van der Waals surface area contributed by atoms with Gasteiger partial charge in [-0.1, -0.05) is 56.3 Å². The van der Waals surface area contributed by atoms with Crippen molar-refractivity contribution in [3.05, 3.63) is 59.7 Å². The molecule has 0 amide bonds. The lowest BCUT2D eigenvalue weighted by atomic mass is 9.46. The van der Waals surface area contributed by atoms with E-state index in [1.807, 2.05) is 36.4 Å². The van der Waals surface area contributed by atoms with Crippen LogP contribution >= 0.6 is 0 Å². The van der Waals surface area contributed by atoms with Crippen molar-refractivity contribution in [2.45, 2.75) is 63.6 Å². The SMILES string of the molecule is C[C@]12CC[C@H]3[C@@H](C=CC4=CC(=O)CC[C@@]43C)[C@@]1(O)CC[C@]2(O)c1ccccc1. The monoisotopic (exact) mass is 378 g/mol. The molecule has 6 atom stereocenters. The van der Waals surface area contributed by atoms with Crippen molar-refractivity contribution in [3.63, 3.8) is 0 Å². The Labute approximate surface area is 167 Å². The fraction of sp³-hybridized carbons (Fsp3) is 0.560. The van der Waals surface area contributed by atoms with Gasteiger partial charge in [0.2, 0.25) is 0 Å². The Morgan fingerprint density at radius 1 is 1.00 bits per heavy atom. The zero-order valence-electron chi connectivity index (χ0n) is 16.8. The number of hydrogen-bond donors (Lipinski definition) is 2. The summed E-state index contributed by atoms with van der Waals surface area (Å²) >= 11 is 0. The van der Waals surface area contributed by atoms with Crippen LogP contribution < -0.4 is 0 Å². The van der Waals surface area contributed by atoms with Crippen LogP contribution in [-0.4, -0.2) is 21.6 Å². The Balaban J connectivity index is 1.60. The van der Waals surface area contributed by atoms with Gasteiger partial charge in [0.25, 0.3) is 0 Å². The lowest BCUT2D eigenvalue weighted by Crippen LogP contribution is -2.62. The van der Waals surface area contributed by atoms with Crippen molar-refractivity contribution in [1.29, 1.82) is 0 Å². The van der Waals surface area contributed by atoms with E-state index in [4.69, 9.17) is 0 Å². The maximum Gasteiger partial charge on any atom is 0.156 e. The number of allylic oxidation sites excluding steroid dienone is 3. The van der Waals surface area contributed by atoms with Crippen LogP contribution in [0.2, 0.25) is 0 Å². The third-order valence-electron chi connectivity index (χ3n) is 9.10. The van der Waals surface area contributed by atoms with E-state index in [-0.39, 0.29) is 17.1 Å². The average molecular weight is 379 g/mol. The molecule has 2 fully saturated rings. The number of ketones is 1. The van der Waals surface area contributed by atoms with E-state index in [0.717, 1.165) is 30.4 Å². The van der Waals surface area contributed by atoms with E-state index in [2.05, 4.69) is 26.0 Å². The number of rotatable bonds is 1. The first kappa shape index (κ1) is 18.3. The Bertz CT molecular complexity index is 886. The maximum atomic E-state index is 12.1. The third-order valence-corrected chi connectivity index (χ3v) is 9.10. The zero-order chi connectivity index (χ0) is 19.8. The van der Waals surface area contributed by atoms with Crippen LogP contribution in [0.4, 0.5) is 0 Å². The van der Waals surface area contributed by atoms with Crippen LogP contribution in [-0.2, 0) is 10.4 Å². The summed E-state index contributed by atoms with van der Waals surface area (Å²) in [5.41, 5.74) is -0.545. The van der Waals surface area contributed by atoms with Gasteiger partial charge in [0.05, 0.1) is 11.2 Å². The molecule has 28 heavy (non-hydrogen) atoms. The van der Waals surface area contributed by atoms with E-state index in [0.29, 0.717) is 25.2 Å². The van der Waals surface area contributed by atoms with Crippen molar-refractivity contribution in [2.75, 3.05) is 0 Å². The van der Waals surface area contributed by atoms with Gasteiger partial charge < -0.3 is 10.2 Å². The molecular weight excluding hydrogens is 348 g/mol. The van der Waals surface area contributed by atoms with Gasteiger partial charge in [0.1, 0.15) is 0 Å². The highest BCUT2D eigenvalue weighted by Gasteiger charge is 2.71. The van der Waals surface area contributed by atoms with Gasteiger partial charge in [-0.25, -0.2) is 0 Å². The zero-order valence-corrected chi connectivity index (χ0v) is 16.8. The molecule has 0 aromatic heterocycles. The minimum atomic E-state index is -1.01. The molecule has 0 bridgehead atoms. The molecule has 3 nitrogen and oxygen atoms in total. The van der Waals surface area contributed by atoms with E-state index in [9.17, 15) is 15.0 Å². The van der Waals surface area contributed by atoms with Crippen LogP contribution in [0.5, 0.6) is 0 Å². The second-order valence-corrected chi connectivity index (χ2v) is 10.00. The van der Waals surface area contributed by atoms with Crippen LogP contribution in [0, 0.1) is 22.7 Å².